The second kappa shape index (κ2) is 5.44. The van der Waals surface area contributed by atoms with Crippen LogP contribution in [0.4, 0.5) is 4.79 Å². The molecule has 2 aliphatic heterocycles. The first kappa shape index (κ1) is 15.9. The molecule has 0 spiro atoms. The van der Waals surface area contributed by atoms with Crippen molar-refractivity contribution in [3.8, 4) is 0 Å². The Balaban J connectivity index is 1.39. The van der Waals surface area contributed by atoms with E-state index in [1.54, 1.807) is 6.92 Å². The van der Waals surface area contributed by atoms with E-state index in [4.69, 9.17) is 5.73 Å². The fourth-order valence-electron chi connectivity index (χ4n) is 5.43. The van der Waals surface area contributed by atoms with E-state index in [9.17, 15) is 14.4 Å². The first-order valence-corrected chi connectivity index (χ1v) is 9.08. The van der Waals surface area contributed by atoms with E-state index in [0.29, 0.717) is 24.9 Å². The van der Waals surface area contributed by atoms with Crippen LogP contribution < -0.4 is 16.4 Å². The zero-order valence-corrected chi connectivity index (χ0v) is 14.1. The van der Waals surface area contributed by atoms with Crippen LogP contribution in [-0.4, -0.2) is 47.4 Å². The molecule has 2 saturated heterocycles. The molecular formula is C17H26N4O3. The lowest BCUT2D eigenvalue weighted by molar-refractivity contribution is -0.139. The number of carbonyl (C=O) groups is 3. The third-order valence-corrected chi connectivity index (χ3v) is 6.96. The normalized spacial score (nSPS) is 42.3. The topological polar surface area (TPSA) is 105 Å². The number of fused-ring (bicyclic) bond motifs is 2. The number of imide groups is 1. The van der Waals surface area contributed by atoms with E-state index in [2.05, 4.69) is 10.6 Å². The lowest BCUT2D eigenvalue weighted by atomic mass is 9.78. The Morgan fingerprint density at radius 3 is 2.38 bits per heavy atom. The SMILES string of the molecule is CC1(C2CCN(C(=O)C3C4CCC(C4)C3N)CC2)NC(=O)NC1=O. The van der Waals surface area contributed by atoms with E-state index in [0.717, 1.165) is 25.7 Å². The molecule has 7 nitrogen and oxygen atoms in total. The van der Waals surface area contributed by atoms with Crippen LogP contribution in [0.3, 0.4) is 0 Å². The van der Waals surface area contributed by atoms with Crippen molar-refractivity contribution >= 4 is 17.8 Å². The maximum Gasteiger partial charge on any atom is 0.322 e. The molecule has 2 bridgehead atoms. The predicted octanol–water partition coefficient (Wildman–Crippen LogP) is 0.197. The molecule has 4 rings (SSSR count). The minimum atomic E-state index is -0.852. The van der Waals surface area contributed by atoms with Gasteiger partial charge in [-0.1, -0.05) is 0 Å². The Bertz CT molecular complexity index is 584. The van der Waals surface area contributed by atoms with Crippen molar-refractivity contribution in [1.29, 1.82) is 0 Å². The maximum absolute atomic E-state index is 12.9. The number of hydrogen-bond donors (Lipinski definition) is 3. The summed E-state index contributed by atoms with van der Waals surface area (Å²) < 4.78 is 0. The van der Waals surface area contributed by atoms with Crippen LogP contribution in [0, 0.1) is 23.7 Å². The summed E-state index contributed by atoms with van der Waals surface area (Å²) >= 11 is 0. The van der Waals surface area contributed by atoms with Gasteiger partial charge in [-0.25, -0.2) is 4.79 Å². The van der Waals surface area contributed by atoms with Gasteiger partial charge in [-0.15, -0.1) is 0 Å². The summed E-state index contributed by atoms with van der Waals surface area (Å²) in [7, 11) is 0. The highest BCUT2D eigenvalue weighted by Gasteiger charge is 2.52. The van der Waals surface area contributed by atoms with E-state index >= 15 is 0 Å². The molecule has 4 fully saturated rings. The molecule has 5 unspecified atom stereocenters. The van der Waals surface area contributed by atoms with E-state index in [1.165, 1.54) is 6.42 Å². The highest BCUT2D eigenvalue weighted by atomic mass is 16.2. The highest BCUT2D eigenvalue weighted by Crippen LogP contribution is 2.48. The number of carbonyl (C=O) groups excluding carboxylic acids is 3. The Hall–Kier alpha value is -1.63. The van der Waals surface area contributed by atoms with E-state index in [1.807, 2.05) is 4.90 Å². The van der Waals surface area contributed by atoms with Gasteiger partial charge in [0.25, 0.3) is 5.91 Å². The van der Waals surface area contributed by atoms with E-state index in [-0.39, 0.29) is 29.7 Å². The van der Waals surface area contributed by atoms with E-state index < -0.39 is 11.6 Å². The number of piperidine rings is 1. The minimum Gasteiger partial charge on any atom is -0.342 e. The van der Waals surface area contributed by atoms with Crippen molar-refractivity contribution in [1.82, 2.24) is 15.5 Å². The number of urea groups is 1. The molecular weight excluding hydrogens is 308 g/mol. The van der Waals surface area contributed by atoms with Crippen LogP contribution in [0.15, 0.2) is 0 Å². The summed E-state index contributed by atoms with van der Waals surface area (Å²) in [5, 5.41) is 5.08. The molecule has 0 aromatic rings. The molecule has 132 valence electrons. The monoisotopic (exact) mass is 334 g/mol. The standard InChI is InChI=1S/C17H26N4O3/c1-17(15(23)19-16(24)20-17)11-4-6-21(7-5-11)14(22)12-9-2-3-10(8-9)13(12)18/h9-13H,2-8,18H2,1H3,(H2,19,20,23,24). The summed E-state index contributed by atoms with van der Waals surface area (Å²) in [6.45, 7) is 3.06. The molecule has 2 aliphatic carbocycles. The van der Waals surface area contributed by atoms with Crippen LogP contribution >= 0.6 is 0 Å². The van der Waals surface area contributed by atoms with Gasteiger partial charge >= 0.3 is 6.03 Å². The van der Waals surface area contributed by atoms with Crippen LogP contribution in [0.25, 0.3) is 0 Å². The number of hydrogen-bond acceptors (Lipinski definition) is 4. The third kappa shape index (κ3) is 2.24. The Labute approximate surface area is 141 Å². The fourth-order valence-corrected chi connectivity index (χ4v) is 5.43. The molecule has 0 aromatic heterocycles. The van der Waals surface area contributed by atoms with Gasteiger partial charge in [0.2, 0.25) is 5.91 Å². The van der Waals surface area contributed by atoms with Gasteiger partial charge in [0, 0.05) is 19.1 Å². The Kier molecular flexibility index (Phi) is 3.60. The highest BCUT2D eigenvalue weighted by molar-refractivity contribution is 6.07. The summed E-state index contributed by atoms with van der Waals surface area (Å²) in [5.74, 6) is 0.989. The molecule has 4 aliphatic rings. The average molecular weight is 334 g/mol. The van der Waals surface area contributed by atoms with Gasteiger partial charge < -0.3 is 16.0 Å². The Morgan fingerprint density at radius 1 is 1.17 bits per heavy atom. The third-order valence-electron chi connectivity index (χ3n) is 6.96. The first-order chi connectivity index (χ1) is 11.4. The van der Waals surface area contributed by atoms with Crippen molar-refractivity contribution < 1.29 is 14.4 Å². The van der Waals surface area contributed by atoms with Gasteiger partial charge in [0.05, 0.1) is 5.92 Å². The minimum absolute atomic E-state index is 0.00892. The molecule has 7 heteroatoms. The number of rotatable bonds is 2. The van der Waals surface area contributed by atoms with Gasteiger partial charge in [0.15, 0.2) is 0 Å². The lowest BCUT2D eigenvalue weighted by Gasteiger charge is -2.40. The van der Waals surface area contributed by atoms with Crippen LogP contribution in [0.5, 0.6) is 0 Å². The van der Waals surface area contributed by atoms with Crippen molar-refractivity contribution in [2.75, 3.05) is 13.1 Å². The predicted molar refractivity (Wildman–Crippen MR) is 86.7 cm³/mol. The number of nitrogens with zero attached hydrogens (tertiary/aromatic N) is 1. The quantitative estimate of drug-likeness (QED) is 0.627. The van der Waals surface area contributed by atoms with Crippen molar-refractivity contribution in [3.05, 3.63) is 0 Å². The molecule has 4 N–H and O–H groups in total. The van der Waals surface area contributed by atoms with Crippen molar-refractivity contribution in [3.63, 3.8) is 0 Å². The smallest absolute Gasteiger partial charge is 0.322 e. The summed E-state index contributed by atoms with van der Waals surface area (Å²) in [5.41, 5.74) is 5.45. The van der Waals surface area contributed by atoms with Crippen LogP contribution in [-0.2, 0) is 9.59 Å². The molecule has 5 atom stereocenters. The summed E-state index contributed by atoms with van der Waals surface area (Å²) in [6, 6.07) is -0.402. The van der Waals surface area contributed by atoms with Gasteiger partial charge in [-0.3, -0.25) is 14.9 Å². The van der Waals surface area contributed by atoms with Crippen molar-refractivity contribution in [2.24, 2.45) is 29.4 Å². The number of likely N-dealkylation sites (tertiary alicyclic amines) is 1. The molecule has 0 radical (unpaired) electrons. The zero-order valence-electron chi connectivity index (χ0n) is 14.1. The lowest BCUT2D eigenvalue weighted by Crippen LogP contribution is -2.55. The number of nitrogens with one attached hydrogen (secondary N) is 2. The van der Waals surface area contributed by atoms with Crippen molar-refractivity contribution in [2.45, 2.75) is 50.6 Å². The zero-order chi connectivity index (χ0) is 17.1. The second-order valence-electron chi connectivity index (χ2n) is 8.15. The second-order valence-corrected chi connectivity index (χ2v) is 8.15. The number of amides is 4. The number of nitrogens with two attached hydrogens (primary N) is 1. The van der Waals surface area contributed by atoms with Gasteiger partial charge in [0.1, 0.15) is 5.54 Å². The Morgan fingerprint density at radius 2 is 1.83 bits per heavy atom. The fraction of sp³-hybridized carbons (Fsp3) is 0.824. The molecule has 24 heavy (non-hydrogen) atoms. The molecule has 4 amide bonds. The summed E-state index contributed by atoms with van der Waals surface area (Å²) in [4.78, 5) is 38.4. The molecule has 2 saturated carbocycles. The average Bonchev–Trinajstić information content (AvgIpc) is 3.21. The maximum atomic E-state index is 12.9. The first-order valence-electron chi connectivity index (χ1n) is 9.08. The van der Waals surface area contributed by atoms with Gasteiger partial charge in [-0.2, -0.15) is 0 Å². The van der Waals surface area contributed by atoms with Crippen LogP contribution in [0.1, 0.15) is 39.0 Å². The van der Waals surface area contributed by atoms with Gasteiger partial charge in [-0.05, 0) is 56.8 Å². The molecule has 2 heterocycles. The molecule has 0 aromatic carbocycles. The summed E-state index contributed by atoms with van der Waals surface area (Å²) in [6.07, 6.45) is 4.87. The largest absolute Gasteiger partial charge is 0.342 e. The van der Waals surface area contributed by atoms with Crippen LogP contribution in [0.2, 0.25) is 0 Å².